The molecule has 3 aliphatic heterocycles. The van der Waals surface area contributed by atoms with Crippen molar-refractivity contribution in [3.63, 3.8) is 0 Å². The Morgan fingerprint density at radius 3 is 1.76 bits per heavy atom. The summed E-state index contributed by atoms with van der Waals surface area (Å²) >= 11 is 0. The third-order valence-electron chi connectivity index (χ3n) is 6.49. The van der Waals surface area contributed by atoms with Crippen molar-refractivity contribution in [3.8, 4) is 0 Å². The highest BCUT2D eigenvalue weighted by Crippen LogP contribution is 2.32. The maximum absolute atomic E-state index is 11.9. The molecule has 3 rings (SSSR count). The molecule has 0 bridgehead atoms. The Morgan fingerprint density at radius 1 is 0.649 bits per heavy atom. The van der Waals surface area contributed by atoms with Crippen molar-refractivity contribution in [1.29, 1.82) is 0 Å². The van der Waals surface area contributed by atoms with Crippen LogP contribution in [0.2, 0.25) is 0 Å². The molecular formula is C20H35NO16. The van der Waals surface area contributed by atoms with E-state index in [0.717, 1.165) is 6.92 Å². The molecule has 0 aromatic heterocycles. The van der Waals surface area contributed by atoms with E-state index in [2.05, 4.69) is 5.32 Å². The fraction of sp³-hybridized carbons (Fsp3) is 0.950. The number of amides is 1. The lowest BCUT2D eigenvalue weighted by atomic mass is 9.94. The first-order valence-corrected chi connectivity index (χ1v) is 11.6. The minimum Gasteiger partial charge on any atom is -0.394 e. The van der Waals surface area contributed by atoms with Crippen molar-refractivity contribution >= 4 is 5.91 Å². The Bertz CT molecular complexity index is 745. The van der Waals surface area contributed by atoms with Gasteiger partial charge in [-0.25, -0.2) is 0 Å². The summed E-state index contributed by atoms with van der Waals surface area (Å²) in [6, 6.07) is -1.48. The first-order valence-electron chi connectivity index (χ1n) is 11.6. The van der Waals surface area contributed by atoms with E-state index in [1.54, 1.807) is 0 Å². The molecule has 0 spiro atoms. The van der Waals surface area contributed by atoms with Gasteiger partial charge in [0.15, 0.2) is 18.9 Å². The Labute approximate surface area is 210 Å². The second kappa shape index (κ2) is 12.8. The highest BCUT2D eigenvalue weighted by atomic mass is 16.7. The summed E-state index contributed by atoms with van der Waals surface area (Å²) in [6.45, 7) is -1.23. The predicted molar refractivity (Wildman–Crippen MR) is 113 cm³/mol. The van der Waals surface area contributed by atoms with Gasteiger partial charge in [0.05, 0.1) is 19.8 Å². The van der Waals surface area contributed by atoms with Gasteiger partial charge in [-0.3, -0.25) is 4.79 Å². The van der Waals surface area contributed by atoms with Crippen molar-refractivity contribution in [2.75, 3.05) is 19.8 Å². The van der Waals surface area contributed by atoms with Crippen LogP contribution in [0.4, 0.5) is 0 Å². The molecule has 0 aromatic rings. The number of nitrogens with one attached hydrogen (secondary N) is 1. The summed E-state index contributed by atoms with van der Waals surface area (Å²) in [7, 11) is 0. The molecule has 3 saturated heterocycles. The van der Waals surface area contributed by atoms with E-state index in [0.29, 0.717) is 0 Å². The van der Waals surface area contributed by atoms with E-state index in [4.69, 9.17) is 23.7 Å². The fourth-order valence-electron chi connectivity index (χ4n) is 4.46. The van der Waals surface area contributed by atoms with E-state index in [9.17, 15) is 55.9 Å². The zero-order chi connectivity index (χ0) is 27.6. The van der Waals surface area contributed by atoms with Crippen LogP contribution in [0.25, 0.3) is 0 Å². The second-order valence-corrected chi connectivity index (χ2v) is 9.07. The third kappa shape index (κ3) is 6.38. The number of carbonyl (C=O) groups is 1. The number of aliphatic hydroxyl groups is 10. The van der Waals surface area contributed by atoms with Crippen LogP contribution in [-0.2, 0) is 28.5 Å². The molecule has 15 atom stereocenters. The molecule has 37 heavy (non-hydrogen) atoms. The lowest BCUT2D eigenvalue weighted by molar-refractivity contribution is -0.365. The minimum atomic E-state index is -1.87. The summed E-state index contributed by atoms with van der Waals surface area (Å²) in [5.41, 5.74) is 0. The number of carbonyl (C=O) groups excluding carboxylic acids is 1. The molecule has 3 aliphatic rings. The monoisotopic (exact) mass is 545 g/mol. The van der Waals surface area contributed by atoms with Crippen molar-refractivity contribution in [2.45, 2.75) is 99.0 Å². The van der Waals surface area contributed by atoms with E-state index >= 15 is 0 Å². The van der Waals surface area contributed by atoms with Gasteiger partial charge in [-0.1, -0.05) is 0 Å². The summed E-state index contributed by atoms with van der Waals surface area (Å²) in [5.74, 6) is -0.684. The minimum absolute atomic E-state index is 0.684. The summed E-state index contributed by atoms with van der Waals surface area (Å²) in [4.78, 5) is 11.9. The predicted octanol–water partition coefficient (Wildman–Crippen LogP) is -7.43. The SMILES string of the molecule is CC(=O)NC1C(OC2C(O)C(O)OC(CO)C2O)OC(CO)C(OC2OC(CO)C(O)C(O)C2O)C1O. The molecule has 15 unspecified atom stereocenters. The summed E-state index contributed by atoms with van der Waals surface area (Å²) in [6.07, 6.45) is -23.2. The third-order valence-corrected chi connectivity index (χ3v) is 6.49. The van der Waals surface area contributed by atoms with Gasteiger partial charge in [-0.15, -0.1) is 0 Å². The maximum atomic E-state index is 11.9. The topological polar surface area (TPSA) is 278 Å². The molecule has 11 N–H and O–H groups in total. The van der Waals surface area contributed by atoms with Gasteiger partial charge in [-0.05, 0) is 0 Å². The molecule has 17 heteroatoms. The van der Waals surface area contributed by atoms with Crippen LogP contribution in [0.3, 0.4) is 0 Å². The number of rotatable bonds is 8. The molecule has 0 radical (unpaired) electrons. The van der Waals surface area contributed by atoms with Crippen LogP contribution in [0.5, 0.6) is 0 Å². The van der Waals surface area contributed by atoms with E-state index < -0.39 is 118 Å². The van der Waals surface area contributed by atoms with Gasteiger partial charge in [0, 0.05) is 6.92 Å². The van der Waals surface area contributed by atoms with Crippen LogP contribution in [0, 0.1) is 0 Å². The summed E-state index contributed by atoms with van der Waals surface area (Å²) in [5, 5.41) is 103. The molecular weight excluding hydrogens is 510 g/mol. The first kappa shape index (κ1) is 30.4. The highest BCUT2D eigenvalue weighted by Gasteiger charge is 2.53. The Hall–Kier alpha value is -1.13. The standard InChI is InChI=1S/C20H35NO16/c1-5(25)21-9-12(28)16(36-20-14(30)13(29)10(26)6(2-22)34-20)8(4-24)35-19(9)37-17-11(27)7(3-23)33-18(32)15(17)31/h6-20,22-24,26-32H,2-4H2,1H3,(H,21,25). The van der Waals surface area contributed by atoms with Crippen LogP contribution < -0.4 is 5.32 Å². The van der Waals surface area contributed by atoms with Crippen LogP contribution in [0.15, 0.2) is 0 Å². The zero-order valence-electron chi connectivity index (χ0n) is 19.7. The molecule has 3 fully saturated rings. The van der Waals surface area contributed by atoms with Gasteiger partial charge in [0.25, 0.3) is 0 Å². The zero-order valence-corrected chi connectivity index (χ0v) is 19.7. The average molecular weight is 545 g/mol. The molecule has 0 aliphatic carbocycles. The first-order chi connectivity index (χ1) is 17.4. The van der Waals surface area contributed by atoms with Gasteiger partial charge < -0.3 is 80.1 Å². The molecule has 0 aromatic carbocycles. The Kier molecular flexibility index (Phi) is 10.5. The average Bonchev–Trinajstić information content (AvgIpc) is 2.87. The number of hydrogen-bond acceptors (Lipinski definition) is 16. The van der Waals surface area contributed by atoms with Crippen molar-refractivity contribution in [3.05, 3.63) is 0 Å². The maximum Gasteiger partial charge on any atom is 0.217 e. The molecule has 3 heterocycles. The number of ether oxygens (including phenoxy) is 5. The Morgan fingerprint density at radius 2 is 1.19 bits per heavy atom. The quantitative estimate of drug-likeness (QED) is 0.135. The van der Waals surface area contributed by atoms with Crippen molar-refractivity contribution in [1.82, 2.24) is 5.32 Å². The summed E-state index contributed by atoms with van der Waals surface area (Å²) < 4.78 is 27.0. The highest BCUT2D eigenvalue weighted by molar-refractivity contribution is 5.73. The molecule has 0 saturated carbocycles. The fourth-order valence-corrected chi connectivity index (χ4v) is 4.46. The number of hydrogen-bond donors (Lipinski definition) is 11. The van der Waals surface area contributed by atoms with Gasteiger partial charge in [0.2, 0.25) is 5.91 Å². The van der Waals surface area contributed by atoms with Crippen LogP contribution in [-0.4, -0.2) is 169 Å². The largest absolute Gasteiger partial charge is 0.394 e. The Balaban J connectivity index is 1.83. The lowest BCUT2D eigenvalue weighted by Gasteiger charge is -2.49. The smallest absolute Gasteiger partial charge is 0.217 e. The van der Waals surface area contributed by atoms with Gasteiger partial charge >= 0.3 is 0 Å². The van der Waals surface area contributed by atoms with Crippen LogP contribution in [0.1, 0.15) is 6.92 Å². The van der Waals surface area contributed by atoms with E-state index in [1.165, 1.54) is 0 Å². The second-order valence-electron chi connectivity index (χ2n) is 9.07. The van der Waals surface area contributed by atoms with Crippen molar-refractivity contribution in [2.24, 2.45) is 0 Å². The van der Waals surface area contributed by atoms with Gasteiger partial charge in [-0.2, -0.15) is 0 Å². The van der Waals surface area contributed by atoms with Gasteiger partial charge in [0.1, 0.15) is 73.2 Å². The van der Waals surface area contributed by atoms with Crippen LogP contribution >= 0.6 is 0 Å². The molecule has 1 amide bonds. The van der Waals surface area contributed by atoms with E-state index in [-0.39, 0.29) is 0 Å². The van der Waals surface area contributed by atoms with E-state index in [1.807, 2.05) is 0 Å². The molecule has 216 valence electrons. The lowest BCUT2D eigenvalue weighted by Crippen LogP contribution is -2.69. The van der Waals surface area contributed by atoms with Crippen molar-refractivity contribution < 1.29 is 79.5 Å². The normalized spacial score (nSPS) is 49.0. The molecule has 17 nitrogen and oxygen atoms in total. The number of aliphatic hydroxyl groups excluding tert-OH is 10.